The second kappa shape index (κ2) is 7.84. The van der Waals surface area contributed by atoms with Crippen LogP contribution >= 0.6 is 11.6 Å². The molecule has 1 unspecified atom stereocenters. The molecule has 8 heteroatoms. The lowest BCUT2D eigenvalue weighted by atomic mass is 9.82. The number of carbonyl (C=O) groups excluding carboxylic acids is 1. The number of aromatic nitrogens is 2. The molecule has 2 N–H and O–H groups in total. The predicted molar refractivity (Wildman–Crippen MR) is 101 cm³/mol. The minimum Gasteiger partial charge on any atom is -0.478 e. The van der Waals surface area contributed by atoms with Crippen molar-refractivity contribution in [3.8, 4) is 0 Å². The number of rotatable bonds is 5. The molecule has 1 aliphatic rings. The van der Waals surface area contributed by atoms with Crippen LogP contribution in [0.25, 0.3) is 0 Å². The molecular formula is C19H20ClN3O4. The molecule has 0 bridgehead atoms. The molecule has 0 amide bonds. The molecular weight excluding hydrogens is 370 g/mol. The van der Waals surface area contributed by atoms with Crippen LogP contribution in [0.2, 0.25) is 5.02 Å². The van der Waals surface area contributed by atoms with E-state index in [2.05, 4.69) is 10.4 Å². The van der Waals surface area contributed by atoms with Gasteiger partial charge < -0.3 is 15.2 Å². The maximum absolute atomic E-state index is 12.1. The average Bonchev–Trinajstić information content (AvgIpc) is 3.05. The Morgan fingerprint density at radius 3 is 2.67 bits per heavy atom. The molecule has 1 atom stereocenters. The summed E-state index contributed by atoms with van der Waals surface area (Å²) >= 11 is 6.38. The third-order valence-electron chi connectivity index (χ3n) is 4.34. The highest BCUT2D eigenvalue weighted by molar-refractivity contribution is 6.31. The Labute approximate surface area is 161 Å². The van der Waals surface area contributed by atoms with Crippen molar-refractivity contribution < 1.29 is 19.4 Å². The van der Waals surface area contributed by atoms with E-state index in [9.17, 15) is 14.7 Å². The van der Waals surface area contributed by atoms with Crippen LogP contribution in [0.5, 0.6) is 0 Å². The Hall–Kier alpha value is -2.80. The molecule has 0 saturated carbocycles. The molecule has 0 saturated heterocycles. The van der Waals surface area contributed by atoms with Crippen LogP contribution in [0.4, 0.5) is 10.6 Å². The zero-order valence-corrected chi connectivity index (χ0v) is 15.8. The quantitative estimate of drug-likeness (QED) is 0.794. The van der Waals surface area contributed by atoms with Gasteiger partial charge in [-0.15, -0.1) is 5.10 Å². The van der Waals surface area contributed by atoms with Crippen molar-refractivity contribution in [1.29, 1.82) is 0 Å². The fourth-order valence-electron chi connectivity index (χ4n) is 3.25. The lowest BCUT2D eigenvalue weighted by molar-refractivity contribution is -0.133. The number of ether oxygens (including phenoxy) is 1. The van der Waals surface area contributed by atoms with E-state index < -0.39 is 18.0 Å². The van der Waals surface area contributed by atoms with Crippen molar-refractivity contribution in [2.24, 2.45) is 0 Å². The minimum absolute atomic E-state index is 0.209. The molecule has 1 aromatic carbocycles. The van der Waals surface area contributed by atoms with E-state index in [0.29, 0.717) is 34.1 Å². The lowest BCUT2D eigenvalue weighted by Crippen LogP contribution is -2.23. The van der Waals surface area contributed by atoms with E-state index in [0.717, 1.165) is 11.1 Å². The Bertz CT molecular complexity index is 919. The van der Waals surface area contributed by atoms with Gasteiger partial charge in [-0.2, -0.15) is 4.68 Å². The summed E-state index contributed by atoms with van der Waals surface area (Å²) in [6.45, 7) is 3.88. The summed E-state index contributed by atoms with van der Waals surface area (Å²) in [5.74, 6) is -1.25. The first kappa shape index (κ1) is 19.0. The highest BCUT2D eigenvalue weighted by Gasteiger charge is 2.36. The number of nitrogens with zero attached hydrogens (tertiary/aromatic N) is 2. The van der Waals surface area contributed by atoms with Crippen LogP contribution in [-0.2, 0) is 9.53 Å². The Morgan fingerprint density at radius 1 is 1.30 bits per heavy atom. The Kier molecular flexibility index (Phi) is 5.51. The van der Waals surface area contributed by atoms with Gasteiger partial charge in [-0.3, -0.25) is 0 Å². The van der Waals surface area contributed by atoms with Gasteiger partial charge in [0.15, 0.2) is 5.82 Å². The summed E-state index contributed by atoms with van der Waals surface area (Å²) in [4.78, 5) is 24.2. The summed E-state index contributed by atoms with van der Waals surface area (Å²) in [5.41, 5.74) is 1.99. The van der Waals surface area contributed by atoms with Crippen molar-refractivity contribution in [3.63, 3.8) is 0 Å². The monoisotopic (exact) mass is 389 g/mol. The fraction of sp³-hybridized carbons (Fsp3) is 0.316. The lowest BCUT2D eigenvalue weighted by Gasteiger charge is -2.27. The third-order valence-corrected chi connectivity index (χ3v) is 4.68. The summed E-state index contributed by atoms with van der Waals surface area (Å²) in [5, 5.41) is 17.7. The molecule has 1 aromatic heterocycles. The van der Waals surface area contributed by atoms with Gasteiger partial charge in [0.05, 0.1) is 12.2 Å². The second-order valence-electron chi connectivity index (χ2n) is 6.10. The van der Waals surface area contributed by atoms with E-state index in [1.165, 1.54) is 6.20 Å². The molecule has 0 fully saturated rings. The number of halogens is 1. The number of benzene rings is 1. The molecule has 0 spiro atoms. The number of anilines is 1. The van der Waals surface area contributed by atoms with Gasteiger partial charge in [-0.25, -0.2) is 9.59 Å². The van der Waals surface area contributed by atoms with Crippen molar-refractivity contribution in [3.05, 3.63) is 57.9 Å². The molecule has 2 heterocycles. The largest absolute Gasteiger partial charge is 0.478 e. The number of fused-ring (bicyclic) bond motifs is 1. The topological polar surface area (TPSA) is 93.5 Å². The van der Waals surface area contributed by atoms with E-state index in [4.69, 9.17) is 16.3 Å². The first-order valence-corrected chi connectivity index (χ1v) is 9.10. The van der Waals surface area contributed by atoms with Gasteiger partial charge in [0.2, 0.25) is 0 Å². The predicted octanol–water partition coefficient (Wildman–Crippen LogP) is 4.24. The molecule has 3 rings (SSSR count). The molecule has 7 nitrogen and oxygen atoms in total. The third kappa shape index (κ3) is 3.55. The zero-order chi connectivity index (χ0) is 19.6. The van der Waals surface area contributed by atoms with Crippen LogP contribution in [-0.4, -0.2) is 33.6 Å². The van der Waals surface area contributed by atoms with Crippen LogP contribution < -0.4 is 5.32 Å². The smallest absolute Gasteiger partial charge is 0.434 e. The van der Waals surface area contributed by atoms with Gasteiger partial charge in [0.1, 0.15) is 0 Å². The zero-order valence-electron chi connectivity index (χ0n) is 15.0. The average molecular weight is 390 g/mol. The van der Waals surface area contributed by atoms with E-state index in [1.54, 1.807) is 31.2 Å². The van der Waals surface area contributed by atoms with Crippen molar-refractivity contribution in [2.75, 3.05) is 11.9 Å². The second-order valence-corrected chi connectivity index (χ2v) is 6.51. The van der Waals surface area contributed by atoms with Crippen molar-refractivity contribution in [2.45, 2.75) is 32.6 Å². The maximum Gasteiger partial charge on any atom is 0.434 e. The normalized spacial score (nSPS) is 15.9. The first-order chi connectivity index (χ1) is 13.0. The Balaban J connectivity index is 2.20. The van der Waals surface area contributed by atoms with E-state index in [-0.39, 0.29) is 12.2 Å². The number of allylic oxidation sites excluding steroid dienone is 1. The van der Waals surface area contributed by atoms with Crippen molar-refractivity contribution in [1.82, 2.24) is 9.78 Å². The number of carboxylic acid groups (broad SMARTS) is 1. The van der Waals surface area contributed by atoms with Crippen molar-refractivity contribution >= 4 is 29.5 Å². The standard InChI is InChI=1S/C19H20ClN3O4/c1-3-7-14-16(18(24)25)15(11-8-5-6-9-13(11)20)12-10-23(19(26)27-4-2)22-17(12)21-14/h5-6,8-10,15H,3-4,7H2,1-2H3,(H,21,22)(H,24,25). The fourth-order valence-corrected chi connectivity index (χ4v) is 3.50. The van der Waals surface area contributed by atoms with Crippen LogP contribution in [0, 0.1) is 0 Å². The van der Waals surface area contributed by atoms with Crippen LogP contribution in [0.3, 0.4) is 0 Å². The SMILES string of the molecule is CCCC1=C(C(=O)O)C(c2ccccc2Cl)c2cn(C(=O)OCC)nc2N1. The highest BCUT2D eigenvalue weighted by atomic mass is 35.5. The highest BCUT2D eigenvalue weighted by Crippen LogP contribution is 2.44. The number of aliphatic carboxylic acids is 1. The van der Waals surface area contributed by atoms with Crippen LogP contribution in [0.1, 0.15) is 43.7 Å². The molecule has 0 aliphatic carbocycles. The molecule has 0 radical (unpaired) electrons. The molecule has 2 aromatic rings. The van der Waals surface area contributed by atoms with Crippen LogP contribution in [0.15, 0.2) is 41.7 Å². The molecule has 27 heavy (non-hydrogen) atoms. The summed E-state index contributed by atoms with van der Waals surface area (Å²) < 4.78 is 6.08. The number of hydrogen-bond donors (Lipinski definition) is 2. The number of nitrogens with one attached hydrogen (secondary N) is 1. The Morgan fingerprint density at radius 2 is 2.04 bits per heavy atom. The number of carboxylic acids is 1. The summed E-state index contributed by atoms with van der Waals surface area (Å²) in [7, 11) is 0. The van der Waals surface area contributed by atoms with Gasteiger partial charge >= 0.3 is 12.1 Å². The summed E-state index contributed by atoms with van der Waals surface area (Å²) in [6, 6.07) is 7.09. The van der Waals surface area contributed by atoms with Gasteiger partial charge in [0.25, 0.3) is 0 Å². The number of hydrogen-bond acceptors (Lipinski definition) is 5. The van der Waals surface area contributed by atoms with Gasteiger partial charge in [0, 0.05) is 28.4 Å². The number of carbonyl (C=O) groups is 2. The van der Waals surface area contributed by atoms with E-state index in [1.807, 2.05) is 6.92 Å². The molecule has 142 valence electrons. The first-order valence-electron chi connectivity index (χ1n) is 8.72. The maximum atomic E-state index is 12.1. The van der Waals surface area contributed by atoms with E-state index >= 15 is 0 Å². The summed E-state index contributed by atoms with van der Waals surface area (Å²) in [6.07, 6.45) is 2.16. The van der Waals surface area contributed by atoms with Gasteiger partial charge in [-0.05, 0) is 25.0 Å². The van der Waals surface area contributed by atoms with Gasteiger partial charge in [-0.1, -0.05) is 43.1 Å². The molecule has 1 aliphatic heterocycles. The minimum atomic E-state index is -1.04.